The minimum atomic E-state index is -3.56. The van der Waals surface area contributed by atoms with Gasteiger partial charge in [-0.1, -0.05) is 19.9 Å². The Morgan fingerprint density at radius 2 is 2.05 bits per heavy atom. The highest BCUT2D eigenvalue weighted by atomic mass is 127. The molecule has 0 saturated heterocycles. The first-order chi connectivity index (χ1) is 9.87. The molecule has 0 amide bonds. The van der Waals surface area contributed by atoms with E-state index < -0.39 is 10.0 Å². The summed E-state index contributed by atoms with van der Waals surface area (Å²) in [6.07, 6.45) is 1.51. The Morgan fingerprint density at radius 1 is 1.29 bits per heavy atom. The molecular weight excluding hydrogens is 401 g/mol. The first-order valence-corrected chi connectivity index (χ1v) is 9.12. The van der Waals surface area contributed by atoms with Gasteiger partial charge in [0.1, 0.15) is 4.90 Å². The molecule has 0 fully saturated rings. The van der Waals surface area contributed by atoms with Crippen molar-refractivity contribution < 1.29 is 8.42 Å². The number of H-pyrrole nitrogens is 1. The molecule has 3 N–H and O–H groups in total. The fraction of sp³-hybridized carbons (Fsp3) is 0.286. The number of rotatable bonds is 6. The van der Waals surface area contributed by atoms with Gasteiger partial charge in [-0.3, -0.25) is 4.72 Å². The maximum atomic E-state index is 12.3. The van der Waals surface area contributed by atoms with Gasteiger partial charge in [0.2, 0.25) is 0 Å². The lowest BCUT2D eigenvalue weighted by Crippen LogP contribution is -2.21. The van der Waals surface area contributed by atoms with Crippen LogP contribution in [0.1, 0.15) is 19.5 Å². The second-order valence-electron chi connectivity index (χ2n) is 5.01. The van der Waals surface area contributed by atoms with E-state index in [0.717, 1.165) is 9.26 Å². The van der Waals surface area contributed by atoms with Gasteiger partial charge in [-0.2, -0.15) is 0 Å². The first kappa shape index (κ1) is 16.3. The maximum absolute atomic E-state index is 12.3. The molecule has 1 heterocycles. The summed E-state index contributed by atoms with van der Waals surface area (Å²) in [5.74, 6) is 0. The molecule has 114 valence electrons. The van der Waals surface area contributed by atoms with Crippen LogP contribution in [-0.4, -0.2) is 19.4 Å². The van der Waals surface area contributed by atoms with Crippen molar-refractivity contribution in [2.24, 2.45) is 0 Å². The molecule has 5 nitrogen and oxygen atoms in total. The zero-order chi connectivity index (χ0) is 15.5. The van der Waals surface area contributed by atoms with Gasteiger partial charge in [0, 0.05) is 33.7 Å². The van der Waals surface area contributed by atoms with Crippen molar-refractivity contribution in [2.45, 2.75) is 31.3 Å². The number of nitrogens with one attached hydrogen (secondary N) is 3. The van der Waals surface area contributed by atoms with Crippen LogP contribution in [0.2, 0.25) is 0 Å². The van der Waals surface area contributed by atoms with Crippen LogP contribution in [0.15, 0.2) is 41.4 Å². The van der Waals surface area contributed by atoms with Crippen molar-refractivity contribution in [1.29, 1.82) is 0 Å². The highest BCUT2D eigenvalue weighted by Crippen LogP contribution is 2.18. The summed E-state index contributed by atoms with van der Waals surface area (Å²) in [7, 11) is -3.56. The van der Waals surface area contributed by atoms with E-state index in [9.17, 15) is 8.42 Å². The van der Waals surface area contributed by atoms with E-state index in [-0.39, 0.29) is 4.90 Å². The van der Waals surface area contributed by atoms with Gasteiger partial charge >= 0.3 is 0 Å². The SMILES string of the molecule is CC(C)NCc1cc(S(=O)(=O)Nc2cccc(I)c2)c[nH]1. The lowest BCUT2D eigenvalue weighted by Gasteiger charge is -2.07. The van der Waals surface area contributed by atoms with Crippen LogP contribution in [0.25, 0.3) is 0 Å². The Bertz CT molecular complexity index is 711. The quantitative estimate of drug-likeness (QED) is 0.631. The third-order valence-corrected chi connectivity index (χ3v) is 4.84. The van der Waals surface area contributed by atoms with Crippen LogP contribution in [0.4, 0.5) is 5.69 Å². The number of sulfonamides is 1. The van der Waals surface area contributed by atoms with Gasteiger partial charge in [-0.25, -0.2) is 8.42 Å². The molecule has 1 aromatic heterocycles. The Labute approximate surface area is 138 Å². The summed E-state index contributed by atoms with van der Waals surface area (Å²) in [5, 5.41) is 3.24. The van der Waals surface area contributed by atoms with Crippen molar-refractivity contribution in [2.75, 3.05) is 4.72 Å². The minimum absolute atomic E-state index is 0.238. The molecule has 2 aromatic rings. The smallest absolute Gasteiger partial charge is 0.263 e. The van der Waals surface area contributed by atoms with E-state index in [1.165, 1.54) is 6.20 Å². The van der Waals surface area contributed by atoms with E-state index in [1.807, 2.05) is 26.0 Å². The fourth-order valence-corrected chi connectivity index (χ4v) is 3.37. The van der Waals surface area contributed by atoms with Crippen molar-refractivity contribution in [3.63, 3.8) is 0 Å². The molecule has 0 spiro atoms. The molecule has 0 unspecified atom stereocenters. The highest BCUT2D eigenvalue weighted by molar-refractivity contribution is 14.1. The van der Waals surface area contributed by atoms with Crippen molar-refractivity contribution >= 4 is 38.3 Å². The Hall–Kier alpha value is -1.06. The van der Waals surface area contributed by atoms with Crippen molar-refractivity contribution in [1.82, 2.24) is 10.3 Å². The monoisotopic (exact) mass is 419 g/mol. The molecule has 2 rings (SSSR count). The largest absolute Gasteiger partial charge is 0.363 e. The molecule has 0 radical (unpaired) electrons. The van der Waals surface area contributed by atoms with Crippen LogP contribution >= 0.6 is 22.6 Å². The summed E-state index contributed by atoms with van der Waals surface area (Å²) in [5.41, 5.74) is 1.40. The minimum Gasteiger partial charge on any atom is -0.363 e. The normalized spacial score (nSPS) is 11.8. The number of anilines is 1. The third kappa shape index (κ3) is 4.72. The standard InChI is InChI=1S/C14H18IN3O2S/c1-10(2)16-8-13-7-14(9-17-13)21(19,20)18-12-5-3-4-11(15)6-12/h3-7,9-10,16-18H,8H2,1-2H3. The van der Waals surface area contributed by atoms with E-state index in [4.69, 9.17) is 0 Å². The number of aromatic nitrogens is 1. The molecule has 7 heteroatoms. The van der Waals surface area contributed by atoms with Crippen LogP contribution in [-0.2, 0) is 16.6 Å². The summed E-state index contributed by atoms with van der Waals surface area (Å²) < 4.78 is 28.2. The predicted octanol–water partition coefficient (Wildman–Crippen LogP) is 2.92. The molecule has 0 bridgehead atoms. The molecule has 0 atom stereocenters. The van der Waals surface area contributed by atoms with E-state index in [2.05, 4.69) is 37.6 Å². The Kier molecular flexibility index (Phi) is 5.28. The number of aromatic amines is 1. The molecular formula is C14H18IN3O2S. The zero-order valence-electron chi connectivity index (χ0n) is 11.9. The predicted molar refractivity (Wildman–Crippen MR) is 92.7 cm³/mol. The number of benzene rings is 1. The summed E-state index contributed by atoms with van der Waals surface area (Å²) in [6.45, 7) is 4.69. The average molecular weight is 419 g/mol. The van der Waals surface area contributed by atoms with E-state index >= 15 is 0 Å². The summed E-state index contributed by atoms with van der Waals surface area (Å²) in [4.78, 5) is 3.22. The summed E-state index contributed by atoms with van der Waals surface area (Å²) >= 11 is 2.14. The molecule has 0 aliphatic rings. The van der Waals surface area contributed by atoms with Gasteiger partial charge in [-0.05, 0) is 46.9 Å². The van der Waals surface area contributed by atoms with Crippen molar-refractivity contribution in [3.05, 3.63) is 45.8 Å². The Morgan fingerprint density at radius 3 is 2.71 bits per heavy atom. The lowest BCUT2D eigenvalue weighted by atomic mass is 10.3. The number of hydrogen-bond acceptors (Lipinski definition) is 3. The van der Waals surface area contributed by atoms with E-state index in [0.29, 0.717) is 18.3 Å². The number of hydrogen-bond donors (Lipinski definition) is 3. The summed E-state index contributed by atoms with van der Waals surface area (Å²) in [6, 6.07) is 9.22. The van der Waals surface area contributed by atoms with Gasteiger partial charge in [-0.15, -0.1) is 0 Å². The van der Waals surface area contributed by atoms with Gasteiger partial charge in [0.15, 0.2) is 0 Å². The molecule has 1 aromatic carbocycles. The van der Waals surface area contributed by atoms with Gasteiger partial charge in [0.25, 0.3) is 10.0 Å². The lowest BCUT2D eigenvalue weighted by molar-refractivity contribution is 0.582. The van der Waals surface area contributed by atoms with Gasteiger partial charge in [0.05, 0.1) is 0 Å². The zero-order valence-corrected chi connectivity index (χ0v) is 14.8. The second kappa shape index (κ2) is 6.80. The third-order valence-electron chi connectivity index (χ3n) is 2.80. The van der Waals surface area contributed by atoms with E-state index in [1.54, 1.807) is 18.2 Å². The molecule has 0 saturated carbocycles. The van der Waals surface area contributed by atoms with Crippen molar-refractivity contribution in [3.8, 4) is 0 Å². The Balaban J connectivity index is 2.12. The fourth-order valence-electron chi connectivity index (χ4n) is 1.76. The highest BCUT2D eigenvalue weighted by Gasteiger charge is 2.16. The first-order valence-electron chi connectivity index (χ1n) is 6.56. The second-order valence-corrected chi connectivity index (χ2v) is 7.94. The van der Waals surface area contributed by atoms with Crippen LogP contribution in [0, 0.1) is 3.57 Å². The van der Waals surface area contributed by atoms with Gasteiger partial charge < -0.3 is 10.3 Å². The number of halogens is 1. The van der Waals surface area contributed by atoms with Crippen LogP contribution in [0.5, 0.6) is 0 Å². The topological polar surface area (TPSA) is 74.0 Å². The molecule has 21 heavy (non-hydrogen) atoms. The van der Waals surface area contributed by atoms with Crippen LogP contribution < -0.4 is 10.0 Å². The average Bonchev–Trinajstić information content (AvgIpc) is 2.85. The molecule has 0 aliphatic carbocycles. The molecule has 0 aliphatic heterocycles. The maximum Gasteiger partial charge on any atom is 0.263 e. The van der Waals surface area contributed by atoms with Crippen LogP contribution in [0.3, 0.4) is 0 Å².